The molecule has 0 nitrogen and oxygen atoms in total. The quantitative estimate of drug-likeness (QED) is 0.0946. The van der Waals surface area contributed by atoms with Gasteiger partial charge >= 0.3 is 37.9 Å². The van der Waals surface area contributed by atoms with Gasteiger partial charge in [-0.3, -0.25) is 0 Å². The zero-order valence-electron chi connectivity index (χ0n) is 40.1. The summed E-state index contributed by atoms with van der Waals surface area (Å²) in [5.41, 5.74) is 18.3. The fourth-order valence-electron chi connectivity index (χ4n) is 9.30. The molecule has 0 spiro atoms. The predicted octanol–water partition coefficient (Wildman–Crippen LogP) is 19.7. The minimum atomic E-state index is -0.826. The third-order valence-electron chi connectivity index (χ3n) is 11.9. The van der Waals surface area contributed by atoms with Crippen LogP contribution in [0.1, 0.15) is 38.8 Å². The summed E-state index contributed by atoms with van der Waals surface area (Å²) in [6.07, 6.45) is 2.21. The molecule has 0 heterocycles. The Morgan fingerprint density at radius 2 is 0.647 bits per heavy atom. The molecule has 10 aromatic carbocycles. The fourth-order valence-corrected chi connectivity index (χ4v) is 9.30. The molecule has 10 rings (SSSR count). The van der Waals surface area contributed by atoms with E-state index in [4.69, 9.17) is 17.0 Å². The van der Waals surface area contributed by atoms with Gasteiger partial charge in [0.25, 0.3) is 0 Å². The van der Waals surface area contributed by atoms with E-state index in [1.54, 1.807) is 0 Å². The van der Waals surface area contributed by atoms with Crippen LogP contribution in [0.3, 0.4) is 0 Å². The number of hydrogen-bond donors (Lipinski definition) is 0. The van der Waals surface area contributed by atoms with E-state index in [0.29, 0.717) is 11.8 Å². The topological polar surface area (TPSA) is 0 Å². The number of benzene rings is 8. The minimum absolute atomic E-state index is 0.644. The molecule has 0 fully saturated rings. The molecule has 0 saturated heterocycles. The van der Waals surface area contributed by atoms with Crippen LogP contribution in [0.15, 0.2) is 218 Å². The van der Waals surface area contributed by atoms with Gasteiger partial charge in [-0.05, 0) is 80.3 Å². The normalized spacial score (nSPS) is 10.7. The van der Waals surface area contributed by atoms with E-state index in [2.05, 4.69) is 259 Å². The van der Waals surface area contributed by atoms with E-state index >= 15 is 0 Å². The van der Waals surface area contributed by atoms with Crippen molar-refractivity contribution in [1.29, 1.82) is 0 Å². The van der Waals surface area contributed by atoms with E-state index in [9.17, 15) is 0 Å². The van der Waals surface area contributed by atoms with E-state index in [-0.39, 0.29) is 0 Å². The predicted molar refractivity (Wildman–Crippen MR) is 298 cm³/mol. The average Bonchev–Trinajstić information content (AvgIpc) is 3.98. The third kappa shape index (κ3) is 12.6. The van der Waals surface area contributed by atoms with Crippen LogP contribution in [0, 0.1) is 11.8 Å². The second-order valence-electron chi connectivity index (χ2n) is 18.0. The van der Waals surface area contributed by atoms with Gasteiger partial charge < -0.3 is 0 Å². The third-order valence-corrected chi connectivity index (χ3v) is 11.9. The van der Waals surface area contributed by atoms with Crippen LogP contribution in [0.2, 0.25) is 13.1 Å². The van der Waals surface area contributed by atoms with Crippen molar-refractivity contribution in [2.75, 3.05) is 0 Å². The molecule has 0 aliphatic heterocycles. The van der Waals surface area contributed by atoms with Crippen molar-refractivity contribution in [1.82, 2.24) is 0 Å². The molecule has 68 heavy (non-hydrogen) atoms. The molecule has 2 radical (unpaired) electrons. The van der Waals surface area contributed by atoms with Crippen LogP contribution in [-0.2, 0) is 33.7 Å². The Kier molecular flexibility index (Phi) is 18.8. The molecular formula is C64H60Cl2SiZr. The monoisotopic (exact) mass is 1020 g/mol. The first kappa shape index (κ1) is 50.5. The molecule has 4 heteroatoms. The van der Waals surface area contributed by atoms with Gasteiger partial charge in [0.15, 0.2) is 0 Å². The molecule has 0 aliphatic carbocycles. The summed E-state index contributed by atoms with van der Waals surface area (Å²) < 4.78 is 0. The Labute approximate surface area is 427 Å². The zero-order chi connectivity index (χ0) is 47.8. The first-order chi connectivity index (χ1) is 33.2. The molecule has 338 valence electrons. The number of halogens is 2. The van der Waals surface area contributed by atoms with Crippen LogP contribution in [-0.4, -0.2) is 9.52 Å². The molecular weight excluding hydrogens is 959 g/mol. The first-order valence-electron chi connectivity index (χ1n) is 23.6. The maximum atomic E-state index is 4.93. The summed E-state index contributed by atoms with van der Waals surface area (Å²) in [6, 6.07) is 79.4. The van der Waals surface area contributed by atoms with Crippen molar-refractivity contribution in [2.24, 2.45) is 11.8 Å². The van der Waals surface area contributed by atoms with E-state index in [1.807, 2.05) is 0 Å². The van der Waals surface area contributed by atoms with Crippen LogP contribution in [0.4, 0.5) is 0 Å². The summed E-state index contributed by atoms with van der Waals surface area (Å²) in [6.45, 7) is 13.5. The Morgan fingerprint density at radius 3 is 0.941 bits per heavy atom. The van der Waals surface area contributed by atoms with Gasteiger partial charge in [-0.1, -0.05) is 234 Å². The molecule has 0 aromatic heterocycles. The molecule has 10 aromatic rings. The standard InChI is InChI=1S/2C31H27.C2H6Si.2ClH.Zr/c2*1-22(2)19-23-20-26-17-18-28(25-13-7-4-8-14-25)31(30(26)21-23)29-16-10-9-15-27(29)24-11-5-3-6-12-24;1-3-2;;;/h2*3-18,20-22H,19H2,1-2H3;1-2H3;2*1H;/q2*-1;;;;+4/p-2. The Balaban J connectivity index is 0.000000181. The SMILES string of the molecule is CC(C)Cc1cc2c(-c3ccccc3-c3ccccc3)c(-c3ccccc3)ccc2[cH-]1.CC(C)Cc1cc2c(-c3ccccc3-c3ccccc3)c(-c3ccccc3)ccc2[cH-]1.C[Si]C.[Cl][Zr+2][Cl]. The number of rotatable bonds is 10. The van der Waals surface area contributed by atoms with Crippen molar-refractivity contribution in [3.63, 3.8) is 0 Å². The van der Waals surface area contributed by atoms with Gasteiger partial charge in [0.1, 0.15) is 0 Å². The number of fused-ring (bicyclic) bond motifs is 2. The van der Waals surface area contributed by atoms with Gasteiger partial charge in [-0.2, -0.15) is 12.1 Å². The van der Waals surface area contributed by atoms with Gasteiger partial charge in [0, 0.05) is 9.52 Å². The van der Waals surface area contributed by atoms with Crippen molar-refractivity contribution >= 4 is 48.1 Å². The first-order valence-corrected chi connectivity index (χ1v) is 32.0. The summed E-state index contributed by atoms with van der Waals surface area (Å²) in [5, 5.41) is 5.35. The van der Waals surface area contributed by atoms with Gasteiger partial charge in [-0.15, -0.1) is 56.9 Å². The Bertz CT molecular complexity index is 2880. The van der Waals surface area contributed by atoms with E-state index in [1.165, 1.54) is 99.4 Å². The van der Waals surface area contributed by atoms with Crippen LogP contribution in [0.25, 0.3) is 88.3 Å². The average molecular weight is 1020 g/mol. The fraction of sp³-hybridized carbons (Fsp3) is 0.156. The van der Waals surface area contributed by atoms with E-state index in [0.717, 1.165) is 22.4 Å². The van der Waals surface area contributed by atoms with Crippen LogP contribution < -0.4 is 0 Å². The molecule has 0 atom stereocenters. The second kappa shape index (κ2) is 25.3. The van der Waals surface area contributed by atoms with Gasteiger partial charge in [0.05, 0.1) is 0 Å². The maximum absolute atomic E-state index is 4.93. The van der Waals surface area contributed by atoms with Gasteiger partial charge in [0.2, 0.25) is 0 Å². The van der Waals surface area contributed by atoms with E-state index < -0.39 is 20.8 Å². The number of hydrogen-bond acceptors (Lipinski definition) is 0. The van der Waals surface area contributed by atoms with Crippen LogP contribution in [0.5, 0.6) is 0 Å². The summed E-state index contributed by atoms with van der Waals surface area (Å²) in [4.78, 5) is 0. The summed E-state index contributed by atoms with van der Waals surface area (Å²) in [5.74, 6) is 1.29. The molecule has 0 N–H and O–H groups in total. The second-order valence-corrected chi connectivity index (χ2v) is 22.8. The van der Waals surface area contributed by atoms with Crippen molar-refractivity contribution in [3.8, 4) is 66.8 Å². The zero-order valence-corrected chi connectivity index (χ0v) is 45.1. The molecule has 0 unspecified atom stereocenters. The molecule has 0 aliphatic rings. The van der Waals surface area contributed by atoms with Crippen molar-refractivity contribution < 1.29 is 20.8 Å². The molecule has 0 amide bonds. The summed E-state index contributed by atoms with van der Waals surface area (Å²) >= 11 is -0.826. The van der Waals surface area contributed by atoms with Crippen LogP contribution >= 0.6 is 17.0 Å². The Morgan fingerprint density at radius 1 is 0.382 bits per heavy atom. The van der Waals surface area contributed by atoms with Gasteiger partial charge in [-0.25, -0.2) is 0 Å². The van der Waals surface area contributed by atoms with Crippen molar-refractivity contribution in [2.45, 2.75) is 53.6 Å². The Hall–Kier alpha value is -5.34. The molecule has 0 bridgehead atoms. The summed E-state index contributed by atoms with van der Waals surface area (Å²) in [7, 11) is 11.0. The van der Waals surface area contributed by atoms with Crippen molar-refractivity contribution in [3.05, 3.63) is 230 Å². The molecule has 0 saturated carbocycles.